The molecule has 2 N–H and O–H groups in total. The Morgan fingerprint density at radius 1 is 1.44 bits per heavy atom. The first-order valence-corrected chi connectivity index (χ1v) is 6.34. The Morgan fingerprint density at radius 3 is 2.75 bits per heavy atom. The summed E-state index contributed by atoms with van der Waals surface area (Å²) in [6.45, 7) is 3.27. The van der Waals surface area contributed by atoms with E-state index >= 15 is 0 Å². The first-order chi connectivity index (χ1) is 7.64. The first kappa shape index (κ1) is 11.7. The highest BCUT2D eigenvalue weighted by Gasteiger charge is 2.43. The van der Waals surface area contributed by atoms with E-state index in [4.69, 9.17) is 10.5 Å². The number of ether oxygens (including phenoxy) is 1. The Bertz CT molecular complexity index is 264. The predicted octanol–water partition coefficient (Wildman–Crippen LogP) is 1.88. The lowest BCUT2D eigenvalue weighted by molar-refractivity contribution is 0.0667. The van der Waals surface area contributed by atoms with E-state index in [0.717, 1.165) is 19.3 Å². The van der Waals surface area contributed by atoms with Gasteiger partial charge in [-0.1, -0.05) is 19.3 Å². The van der Waals surface area contributed by atoms with Crippen LogP contribution in [0.5, 0.6) is 0 Å². The number of nitrogens with zero attached hydrogens (tertiary/aromatic N) is 1. The van der Waals surface area contributed by atoms with Crippen LogP contribution in [-0.2, 0) is 4.74 Å². The number of rotatable bonds is 3. The maximum atomic E-state index is 11.8. The first-order valence-electron chi connectivity index (χ1n) is 6.34. The minimum atomic E-state index is -0.358. The van der Waals surface area contributed by atoms with Crippen LogP contribution >= 0.6 is 0 Å². The van der Waals surface area contributed by atoms with E-state index in [1.54, 1.807) is 0 Å². The van der Waals surface area contributed by atoms with Crippen molar-refractivity contribution in [2.45, 2.75) is 57.1 Å². The summed E-state index contributed by atoms with van der Waals surface area (Å²) in [4.78, 5) is 13.8. The summed E-state index contributed by atoms with van der Waals surface area (Å²) in [6.07, 6.45) is 6.66. The molecule has 92 valence electrons. The molecule has 0 aromatic rings. The second-order valence-electron chi connectivity index (χ2n) is 5.28. The number of carbonyl (C=O) groups is 1. The Labute approximate surface area is 97.1 Å². The van der Waals surface area contributed by atoms with Gasteiger partial charge >= 0.3 is 6.09 Å². The van der Waals surface area contributed by atoms with Crippen LogP contribution in [0.4, 0.5) is 4.79 Å². The number of amides is 1. The zero-order valence-corrected chi connectivity index (χ0v) is 10.1. The van der Waals surface area contributed by atoms with Gasteiger partial charge in [-0.3, -0.25) is 0 Å². The zero-order valence-electron chi connectivity index (χ0n) is 10.1. The van der Waals surface area contributed by atoms with Crippen LogP contribution in [0.3, 0.4) is 0 Å². The molecule has 1 heterocycles. The summed E-state index contributed by atoms with van der Waals surface area (Å²) in [5.41, 5.74) is 5.20. The van der Waals surface area contributed by atoms with Crippen molar-refractivity contribution in [3.63, 3.8) is 0 Å². The fourth-order valence-corrected chi connectivity index (χ4v) is 2.83. The van der Waals surface area contributed by atoms with Crippen molar-refractivity contribution >= 4 is 6.09 Å². The molecule has 0 radical (unpaired) electrons. The van der Waals surface area contributed by atoms with Crippen molar-refractivity contribution in [1.29, 1.82) is 0 Å². The summed E-state index contributed by atoms with van der Waals surface area (Å²) in [5, 5.41) is 0. The van der Waals surface area contributed by atoms with Gasteiger partial charge in [-0.15, -0.1) is 0 Å². The quantitative estimate of drug-likeness (QED) is 0.799. The highest BCUT2D eigenvalue weighted by molar-refractivity contribution is 5.71. The van der Waals surface area contributed by atoms with Crippen LogP contribution in [0.15, 0.2) is 0 Å². The van der Waals surface area contributed by atoms with Crippen LogP contribution in [0, 0.1) is 0 Å². The third kappa shape index (κ3) is 2.32. The molecule has 1 unspecified atom stereocenters. The number of nitrogens with two attached hydrogens (primary N) is 1. The van der Waals surface area contributed by atoms with Crippen LogP contribution < -0.4 is 5.73 Å². The Hall–Kier alpha value is -0.770. The molecule has 0 aromatic carbocycles. The summed E-state index contributed by atoms with van der Waals surface area (Å²) in [5.74, 6) is 0. The molecule has 1 atom stereocenters. The molecule has 1 aliphatic carbocycles. The lowest BCUT2D eigenvalue weighted by atomic mass is 9.93. The molecule has 4 heteroatoms. The molecular weight excluding hydrogens is 204 g/mol. The number of hydrogen-bond acceptors (Lipinski definition) is 3. The normalized spacial score (nSPS) is 31.9. The molecule has 16 heavy (non-hydrogen) atoms. The SMILES string of the molecule is CC1(CCN)CN(C2CCCCC2)C(=O)O1. The highest BCUT2D eigenvalue weighted by Crippen LogP contribution is 2.31. The van der Waals surface area contributed by atoms with Gasteiger partial charge in [-0.05, 0) is 26.3 Å². The van der Waals surface area contributed by atoms with Crippen LogP contribution in [-0.4, -0.2) is 35.7 Å². The molecule has 0 spiro atoms. The molecule has 1 aliphatic heterocycles. The number of hydrogen-bond donors (Lipinski definition) is 1. The highest BCUT2D eigenvalue weighted by atomic mass is 16.6. The van der Waals surface area contributed by atoms with Gasteiger partial charge in [0.05, 0.1) is 6.54 Å². The molecule has 1 saturated heterocycles. The third-order valence-electron chi connectivity index (χ3n) is 3.76. The van der Waals surface area contributed by atoms with Gasteiger partial charge in [-0.2, -0.15) is 0 Å². The van der Waals surface area contributed by atoms with E-state index in [1.807, 2.05) is 11.8 Å². The van der Waals surface area contributed by atoms with Gasteiger partial charge in [0.25, 0.3) is 0 Å². The lowest BCUT2D eigenvalue weighted by Gasteiger charge is -2.29. The molecule has 1 amide bonds. The van der Waals surface area contributed by atoms with Crippen molar-refractivity contribution in [3.8, 4) is 0 Å². The fourth-order valence-electron chi connectivity index (χ4n) is 2.83. The molecule has 2 aliphatic rings. The molecule has 0 aromatic heterocycles. The van der Waals surface area contributed by atoms with E-state index in [0.29, 0.717) is 19.1 Å². The van der Waals surface area contributed by atoms with Crippen molar-refractivity contribution < 1.29 is 9.53 Å². The second kappa shape index (κ2) is 4.62. The molecule has 0 bridgehead atoms. The van der Waals surface area contributed by atoms with Crippen molar-refractivity contribution in [3.05, 3.63) is 0 Å². The van der Waals surface area contributed by atoms with Crippen molar-refractivity contribution in [2.75, 3.05) is 13.1 Å². The van der Waals surface area contributed by atoms with E-state index in [1.165, 1.54) is 19.3 Å². The molecule has 4 nitrogen and oxygen atoms in total. The average molecular weight is 226 g/mol. The van der Waals surface area contributed by atoms with Gasteiger partial charge < -0.3 is 15.4 Å². The Morgan fingerprint density at radius 2 is 2.12 bits per heavy atom. The maximum Gasteiger partial charge on any atom is 0.410 e. The summed E-state index contributed by atoms with van der Waals surface area (Å²) >= 11 is 0. The predicted molar refractivity (Wildman–Crippen MR) is 62.1 cm³/mol. The summed E-state index contributed by atoms with van der Waals surface area (Å²) < 4.78 is 5.46. The van der Waals surface area contributed by atoms with Crippen LogP contribution in [0.2, 0.25) is 0 Å². The van der Waals surface area contributed by atoms with Crippen LogP contribution in [0.25, 0.3) is 0 Å². The van der Waals surface area contributed by atoms with Gasteiger partial charge in [0, 0.05) is 12.5 Å². The largest absolute Gasteiger partial charge is 0.441 e. The standard InChI is InChI=1S/C12H22N2O2/c1-12(7-8-13)9-14(11(15)16-12)10-5-3-2-4-6-10/h10H,2-9,13H2,1H3. The second-order valence-corrected chi connectivity index (χ2v) is 5.28. The lowest BCUT2D eigenvalue weighted by Crippen LogP contribution is -2.40. The Kier molecular flexibility index (Phi) is 3.38. The fraction of sp³-hybridized carbons (Fsp3) is 0.917. The maximum absolute atomic E-state index is 11.8. The smallest absolute Gasteiger partial charge is 0.410 e. The number of cyclic esters (lactones) is 1. The van der Waals surface area contributed by atoms with E-state index in [9.17, 15) is 4.79 Å². The average Bonchev–Trinajstić information content (AvgIpc) is 2.56. The molecule has 1 saturated carbocycles. The van der Waals surface area contributed by atoms with Gasteiger partial charge in [0.15, 0.2) is 0 Å². The Balaban J connectivity index is 1.98. The van der Waals surface area contributed by atoms with Gasteiger partial charge in [0.2, 0.25) is 0 Å². The van der Waals surface area contributed by atoms with E-state index in [2.05, 4.69) is 0 Å². The minimum absolute atomic E-state index is 0.136. The molecule has 2 rings (SSSR count). The summed E-state index contributed by atoms with van der Waals surface area (Å²) in [7, 11) is 0. The van der Waals surface area contributed by atoms with Crippen molar-refractivity contribution in [1.82, 2.24) is 4.90 Å². The van der Waals surface area contributed by atoms with Crippen molar-refractivity contribution in [2.24, 2.45) is 5.73 Å². The topological polar surface area (TPSA) is 55.6 Å². The molecule has 2 fully saturated rings. The van der Waals surface area contributed by atoms with Gasteiger partial charge in [-0.25, -0.2) is 4.79 Å². The van der Waals surface area contributed by atoms with E-state index in [-0.39, 0.29) is 11.7 Å². The third-order valence-corrected chi connectivity index (χ3v) is 3.76. The van der Waals surface area contributed by atoms with Gasteiger partial charge in [0.1, 0.15) is 5.60 Å². The monoisotopic (exact) mass is 226 g/mol. The minimum Gasteiger partial charge on any atom is -0.441 e. The van der Waals surface area contributed by atoms with Crippen LogP contribution in [0.1, 0.15) is 45.4 Å². The summed E-state index contributed by atoms with van der Waals surface area (Å²) in [6, 6.07) is 0.404. The van der Waals surface area contributed by atoms with E-state index < -0.39 is 0 Å². The molecular formula is C12H22N2O2. The zero-order chi connectivity index (χ0) is 11.6. The number of carbonyl (C=O) groups excluding carboxylic acids is 1.